The molecule has 0 fully saturated rings. The minimum absolute atomic E-state index is 0.0240. The third kappa shape index (κ3) is 5.34. The maximum absolute atomic E-state index is 12.4. The highest BCUT2D eigenvalue weighted by Gasteiger charge is 2.16. The van der Waals surface area contributed by atoms with Gasteiger partial charge in [-0.3, -0.25) is 9.52 Å². The smallest absolute Gasteiger partial charge is 0.261 e. The van der Waals surface area contributed by atoms with Crippen molar-refractivity contribution in [3.63, 3.8) is 0 Å². The summed E-state index contributed by atoms with van der Waals surface area (Å²) in [5, 5.41) is 11.7. The fraction of sp³-hybridized carbons (Fsp3) is 0.188. The van der Waals surface area contributed by atoms with Gasteiger partial charge in [0.2, 0.25) is 0 Å². The third-order valence-electron chi connectivity index (χ3n) is 3.20. The first-order chi connectivity index (χ1) is 11.8. The Morgan fingerprint density at radius 1 is 1.08 bits per heavy atom. The molecule has 25 heavy (non-hydrogen) atoms. The fourth-order valence-corrected chi connectivity index (χ4v) is 3.40. The van der Waals surface area contributed by atoms with Gasteiger partial charge in [-0.15, -0.1) is 0 Å². The summed E-state index contributed by atoms with van der Waals surface area (Å²) in [4.78, 5) is 11.9. The van der Waals surface area contributed by atoms with Gasteiger partial charge in [-0.05, 0) is 42.8 Å². The fourth-order valence-electron chi connectivity index (χ4n) is 1.97. The van der Waals surface area contributed by atoms with E-state index in [9.17, 15) is 13.2 Å². The Bertz CT molecular complexity index is 872. The van der Waals surface area contributed by atoms with E-state index in [4.69, 9.17) is 28.3 Å². The lowest BCUT2D eigenvalue weighted by Gasteiger charge is -2.10. The van der Waals surface area contributed by atoms with Crippen LogP contribution >= 0.6 is 23.2 Å². The van der Waals surface area contributed by atoms with E-state index in [0.717, 1.165) is 0 Å². The number of carbonyl (C=O) groups is 1. The van der Waals surface area contributed by atoms with Gasteiger partial charge in [-0.2, -0.15) is 0 Å². The maximum atomic E-state index is 12.4. The topological polar surface area (TPSA) is 95.5 Å². The summed E-state index contributed by atoms with van der Waals surface area (Å²) in [5.41, 5.74) is 0.535. The van der Waals surface area contributed by atoms with Gasteiger partial charge in [0.05, 0.1) is 14.9 Å². The van der Waals surface area contributed by atoms with Gasteiger partial charge in [-0.25, -0.2) is 8.42 Å². The second kappa shape index (κ2) is 8.53. The quantitative estimate of drug-likeness (QED) is 0.620. The molecule has 0 heterocycles. The molecule has 6 nitrogen and oxygen atoms in total. The highest BCUT2D eigenvalue weighted by Crippen LogP contribution is 2.26. The molecule has 2 aromatic rings. The Morgan fingerprint density at radius 3 is 2.52 bits per heavy atom. The first-order valence-electron chi connectivity index (χ1n) is 7.30. The van der Waals surface area contributed by atoms with E-state index in [-0.39, 0.29) is 33.1 Å². The summed E-state index contributed by atoms with van der Waals surface area (Å²) in [6.45, 7) is 0.304. The molecule has 0 aromatic heterocycles. The molecule has 0 radical (unpaired) electrons. The number of amides is 1. The van der Waals surface area contributed by atoms with E-state index in [1.165, 1.54) is 30.3 Å². The van der Waals surface area contributed by atoms with E-state index >= 15 is 0 Å². The highest BCUT2D eigenvalue weighted by atomic mass is 35.5. The standard InChI is InChI=1S/C16H16Cl2N2O4S/c17-14-6-5-13(10-15(14)18)25(23,24)20-12-4-1-3-11(9-12)16(22)19-7-2-8-21/h1,3-6,9-10,20-21H,2,7-8H2,(H,19,22). The number of benzene rings is 2. The van der Waals surface area contributed by atoms with Crippen LogP contribution in [-0.4, -0.2) is 32.6 Å². The molecular formula is C16H16Cl2N2O4S. The number of aliphatic hydroxyl groups is 1. The van der Waals surface area contributed by atoms with E-state index in [2.05, 4.69) is 10.0 Å². The summed E-state index contributed by atoms with van der Waals surface area (Å²) in [5.74, 6) is -0.357. The van der Waals surface area contributed by atoms with Gasteiger partial charge >= 0.3 is 0 Å². The zero-order chi connectivity index (χ0) is 18.4. The average molecular weight is 403 g/mol. The summed E-state index contributed by atoms with van der Waals surface area (Å²) >= 11 is 11.6. The molecule has 0 spiro atoms. The molecule has 1 amide bonds. The summed E-state index contributed by atoms with van der Waals surface area (Å²) in [6.07, 6.45) is 0.440. The summed E-state index contributed by atoms with van der Waals surface area (Å²) in [7, 11) is -3.87. The van der Waals surface area contributed by atoms with Crippen molar-refractivity contribution >= 4 is 44.8 Å². The van der Waals surface area contributed by atoms with Crippen molar-refractivity contribution in [2.24, 2.45) is 0 Å². The maximum Gasteiger partial charge on any atom is 0.261 e. The monoisotopic (exact) mass is 402 g/mol. The number of hydrogen-bond donors (Lipinski definition) is 3. The molecule has 0 unspecified atom stereocenters. The van der Waals surface area contributed by atoms with Gasteiger partial charge in [0.15, 0.2) is 0 Å². The van der Waals surface area contributed by atoms with E-state index < -0.39 is 10.0 Å². The molecule has 0 aliphatic heterocycles. The van der Waals surface area contributed by atoms with Crippen LogP contribution < -0.4 is 10.0 Å². The third-order valence-corrected chi connectivity index (χ3v) is 5.32. The van der Waals surface area contributed by atoms with E-state index in [1.54, 1.807) is 12.1 Å². The van der Waals surface area contributed by atoms with E-state index in [1.807, 2.05) is 0 Å². The Kier molecular flexibility index (Phi) is 6.66. The van der Waals surface area contributed by atoms with Gasteiger partial charge in [0.25, 0.3) is 15.9 Å². The zero-order valence-corrected chi connectivity index (χ0v) is 15.3. The first-order valence-corrected chi connectivity index (χ1v) is 9.54. The Hall–Kier alpha value is -1.80. The van der Waals surface area contributed by atoms with Crippen LogP contribution in [0.1, 0.15) is 16.8 Å². The first kappa shape index (κ1) is 19.5. The molecular weight excluding hydrogens is 387 g/mol. The van der Waals surface area contributed by atoms with Crippen LogP contribution in [0.4, 0.5) is 5.69 Å². The molecule has 0 atom stereocenters. The van der Waals surface area contributed by atoms with Gasteiger partial charge in [0, 0.05) is 24.4 Å². The molecule has 9 heteroatoms. The molecule has 2 aromatic carbocycles. The van der Waals surface area contributed by atoms with Gasteiger partial charge in [0.1, 0.15) is 0 Å². The summed E-state index contributed by atoms with van der Waals surface area (Å²) < 4.78 is 27.2. The predicted octanol–water partition coefficient (Wildman–Crippen LogP) is 2.91. The number of carbonyl (C=O) groups excluding carboxylic acids is 1. The predicted molar refractivity (Wildman–Crippen MR) is 97.7 cm³/mol. The molecule has 0 saturated carbocycles. The second-order valence-corrected chi connectivity index (χ2v) is 7.59. The number of rotatable bonds is 7. The number of nitrogens with one attached hydrogen (secondary N) is 2. The van der Waals surface area contributed by atoms with Crippen LogP contribution in [0.25, 0.3) is 0 Å². The van der Waals surface area contributed by atoms with Crippen LogP contribution in [-0.2, 0) is 10.0 Å². The van der Waals surface area contributed by atoms with Crippen LogP contribution in [0.15, 0.2) is 47.4 Å². The lowest BCUT2D eigenvalue weighted by Crippen LogP contribution is -2.25. The SMILES string of the molecule is O=C(NCCCO)c1cccc(NS(=O)(=O)c2ccc(Cl)c(Cl)c2)c1. The van der Waals surface area contributed by atoms with Crippen molar-refractivity contribution in [2.45, 2.75) is 11.3 Å². The van der Waals surface area contributed by atoms with E-state index in [0.29, 0.717) is 18.5 Å². The van der Waals surface area contributed by atoms with Crippen molar-refractivity contribution in [3.8, 4) is 0 Å². The van der Waals surface area contributed by atoms with Gasteiger partial charge in [-0.1, -0.05) is 29.3 Å². The van der Waals surface area contributed by atoms with Crippen molar-refractivity contribution < 1.29 is 18.3 Å². The number of hydrogen-bond acceptors (Lipinski definition) is 4. The van der Waals surface area contributed by atoms with Crippen LogP contribution in [0.5, 0.6) is 0 Å². The lowest BCUT2D eigenvalue weighted by atomic mass is 10.2. The van der Waals surface area contributed by atoms with Crippen molar-refractivity contribution in [3.05, 3.63) is 58.1 Å². The van der Waals surface area contributed by atoms with Gasteiger partial charge < -0.3 is 10.4 Å². The number of anilines is 1. The van der Waals surface area contributed by atoms with Crippen molar-refractivity contribution in [2.75, 3.05) is 17.9 Å². The number of halogens is 2. The average Bonchev–Trinajstić information content (AvgIpc) is 2.57. The number of sulfonamides is 1. The lowest BCUT2D eigenvalue weighted by molar-refractivity contribution is 0.0951. The molecule has 3 N–H and O–H groups in total. The van der Waals surface area contributed by atoms with Crippen LogP contribution in [0, 0.1) is 0 Å². The Morgan fingerprint density at radius 2 is 1.84 bits per heavy atom. The Balaban J connectivity index is 2.17. The number of aliphatic hydroxyl groups excluding tert-OH is 1. The largest absolute Gasteiger partial charge is 0.396 e. The molecule has 0 aliphatic carbocycles. The normalized spacial score (nSPS) is 11.2. The molecule has 0 aliphatic rings. The van der Waals surface area contributed by atoms with Crippen LogP contribution in [0.2, 0.25) is 10.0 Å². The molecule has 0 saturated heterocycles. The minimum atomic E-state index is -3.87. The minimum Gasteiger partial charge on any atom is -0.396 e. The van der Waals surface area contributed by atoms with Crippen molar-refractivity contribution in [1.29, 1.82) is 0 Å². The molecule has 134 valence electrons. The zero-order valence-electron chi connectivity index (χ0n) is 13.0. The van der Waals surface area contributed by atoms with Crippen molar-refractivity contribution in [1.82, 2.24) is 5.32 Å². The molecule has 0 bridgehead atoms. The Labute approximate surface area is 155 Å². The second-order valence-electron chi connectivity index (χ2n) is 5.10. The highest BCUT2D eigenvalue weighted by molar-refractivity contribution is 7.92. The van der Waals surface area contributed by atoms with Crippen LogP contribution in [0.3, 0.4) is 0 Å². The molecule has 2 rings (SSSR count). The summed E-state index contributed by atoms with van der Waals surface area (Å²) in [6, 6.07) is 10.0.